The van der Waals surface area contributed by atoms with Gasteiger partial charge in [0, 0.05) is 0 Å². The van der Waals surface area contributed by atoms with Crippen molar-refractivity contribution in [3.05, 3.63) is 35.3 Å². The fraction of sp³-hybridized carbons (Fsp3) is 0.550. The number of fused-ring (bicyclic) bond motifs is 4. The van der Waals surface area contributed by atoms with Gasteiger partial charge in [-0.15, -0.1) is 0 Å². The number of H-pyrrole nitrogens is 1. The number of aliphatic carboxylic acids is 1. The monoisotopic (exact) mass is 472 g/mol. The standard InChI is InChI=1S/C20H26FIN2O2/c1-20(2,19(25)26)6-8-24-7-5-14-10-18-16(11-22(14)12-24)15-9-13(21)3-4-17(15)23-18/h3-4,9,14,23H,5-8,10-12H2,1-2H3,(H,25,26). The molecule has 1 saturated heterocycles. The number of hydrogen-bond donors (Lipinski definition) is 2. The van der Waals surface area contributed by atoms with E-state index in [1.54, 1.807) is 6.07 Å². The summed E-state index contributed by atoms with van der Waals surface area (Å²) in [6, 6.07) is 5.07. The molecule has 2 aromatic rings. The maximum absolute atomic E-state index is 13.7. The minimum absolute atomic E-state index is 0.161. The van der Waals surface area contributed by atoms with Gasteiger partial charge in [0.15, 0.2) is 0 Å². The van der Waals surface area contributed by atoms with Crippen molar-refractivity contribution in [1.29, 1.82) is 0 Å². The van der Waals surface area contributed by atoms with E-state index >= 15 is 0 Å². The molecule has 1 aromatic carbocycles. The molecule has 0 radical (unpaired) electrons. The summed E-state index contributed by atoms with van der Waals surface area (Å²) in [7, 11) is 0. The molecule has 3 heterocycles. The average molecular weight is 472 g/mol. The molecular formula is C20H26FIN2O2. The van der Waals surface area contributed by atoms with Crippen LogP contribution in [0.4, 0.5) is 4.39 Å². The van der Waals surface area contributed by atoms with Crippen LogP contribution in [-0.2, 0) is 15.6 Å². The zero-order valence-corrected chi connectivity index (χ0v) is 17.5. The van der Waals surface area contributed by atoms with Gasteiger partial charge in [-0.3, -0.25) is 0 Å². The molecular weight excluding hydrogens is 446 g/mol. The Morgan fingerprint density at radius 3 is 3.04 bits per heavy atom. The predicted octanol–water partition coefficient (Wildman–Crippen LogP) is 4.40. The third kappa shape index (κ3) is 3.38. The molecule has 1 unspecified atom stereocenters. The Labute approximate surface area is 160 Å². The number of carbonyl (C=O) groups is 1. The first kappa shape index (κ1) is 18.2. The van der Waals surface area contributed by atoms with E-state index in [1.165, 1.54) is 28.3 Å². The Morgan fingerprint density at radius 2 is 2.27 bits per heavy atom. The van der Waals surface area contributed by atoms with Gasteiger partial charge in [-0.25, -0.2) is 0 Å². The van der Waals surface area contributed by atoms with Crippen molar-refractivity contribution in [3.63, 3.8) is 0 Å². The number of carboxylic acids is 1. The first-order valence-electron chi connectivity index (χ1n) is 9.18. The number of aromatic amines is 1. The van der Waals surface area contributed by atoms with Gasteiger partial charge in [-0.05, 0) is 0 Å². The number of benzene rings is 1. The Morgan fingerprint density at radius 1 is 1.46 bits per heavy atom. The molecule has 2 aliphatic rings. The van der Waals surface area contributed by atoms with Gasteiger partial charge in [0.05, 0.1) is 0 Å². The zero-order valence-electron chi connectivity index (χ0n) is 15.3. The van der Waals surface area contributed by atoms with E-state index in [0.717, 1.165) is 38.8 Å². The maximum atomic E-state index is 13.7. The van der Waals surface area contributed by atoms with Crippen LogP contribution in [0.25, 0.3) is 10.9 Å². The van der Waals surface area contributed by atoms with Crippen LogP contribution in [0.3, 0.4) is 0 Å². The van der Waals surface area contributed by atoms with Gasteiger partial charge in [-0.1, -0.05) is 0 Å². The molecule has 0 aliphatic carbocycles. The molecule has 142 valence electrons. The second-order valence-corrected chi connectivity index (χ2v) is 14.2. The fourth-order valence-corrected chi connectivity index (χ4v) is 11.3. The molecule has 26 heavy (non-hydrogen) atoms. The van der Waals surface area contributed by atoms with Crippen molar-refractivity contribution >= 4 is 36.7 Å². The van der Waals surface area contributed by atoms with E-state index in [2.05, 4.69) is 9.88 Å². The fourth-order valence-electron chi connectivity index (χ4n) is 3.93. The molecule has 6 heteroatoms. The normalized spacial score (nSPS) is 22.3. The molecule has 2 aliphatic heterocycles. The van der Waals surface area contributed by atoms with E-state index < -0.39 is 31.2 Å². The van der Waals surface area contributed by atoms with Crippen LogP contribution in [-0.4, -0.2) is 42.5 Å². The van der Waals surface area contributed by atoms with Crippen LogP contribution in [0.15, 0.2) is 18.2 Å². The van der Waals surface area contributed by atoms with E-state index in [-0.39, 0.29) is 5.82 Å². The molecule has 1 atom stereocenters. The van der Waals surface area contributed by atoms with Crippen LogP contribution in [0, 0.1) is 11.2 Å². The van der Waals surface area contributed by atoms with E-state index in [1.807, 2.05) is 19.9 Å². The zero-order chi connectivity index (χ0) is 18.5. The van der Waals surface area contributed by atoms with Gasteiger partial charge in [-0.2, -0.15) is 0 Å². The molecule has 2 N–H and O–H groups in total. The Kier molecular flexibility index (Phi) is 4.75. The van der Waals surface area contributed by atoms with Gasteiger partial charge in [0.25, 0.3) is 0 Å². The van der Waals surface area contributed by atoms with Crippen molar-refractivity contribution in [3.8, 4) is 0 Å². The number of nitrogens with zero attached hydrogens (tertiary/aromatic N) is 1. The Bertz CT molecular complexity index is 848. The quantitative estimate of drug-likeness (QED) is 0.394. The summed E-state index contributed by atoms with van der Waals surface area (Å²) < 4.78 is 16.8. The summed E-state index contributed by atoms with van der Waals surface area (Å²) in [6.07, 6.45) is 3.03. The van der Waals surface area contributed by atoms with Gasteiger partial charge < -0.3 is 0 Å². The van der Waals surface area contributed by atoms with Crippen LogP contribution in [0.1, 0.15) is 37.9 Å². The molecule has 4 nitrogen and oxygen atoms in total. The summed E-state index contributed by atoms with van der Waals surface area (Å²) in [5.74, 6) is -0.874. The van der Waals surface area contributed by atoms with E-state index in [0.29, 0.717) is 6.42 Å². The summed E-state index contributed by atoms with van der Waals surface area (Å²) in [4.78, 5) is 17.4. The number of aromatic nitrogens is 1. The van der Waals surface area contributed by atoms with Crippen LogP contribution >= 0.6 is 19.8 Å². The number of alkyl halides is 3. The number of halogens is 2. The molecule has 0 bridgehead atoms. The van der Waals surface area contributed by atoms with Crippen LogP contribution < -0.4 is 0 Å². The van der Waals surface area contributed by atoms with E-state index in [4.69, 9.17) is 0 Å². The molecule has 0 saturated carbocycles. The molecule has 0 spiro atoms. The minimum atomic E-state index is -1.19. The SMILES string of the molecule is CC(C)(CCN1CCC2Cc3[nH]c4ccc(F)cc4c3CI2C1)C(=O)O. The topological polar surface area (TPSA) is 56.3 Å². The number of rotatable bonds is 4. The third-order valence-corrected chi connectivity index (χ3v) is 13.0. The van der Waals surface area contributed by atoms with Crippen molar-refractivity contribution < 1.29 is 14.3 Å². The molecule has 1 fully saturated rings. The second-order valence-electron chi connectivity index (χ2n) is 8.17. The third-order valence-electron chi connectivity index (χ3n) is 5.84. The average Bonchev–Trinajstić information content (AvgIpc) is 2.94. The van der Waals surface area contributed by atoms with Crippen molar-refractivity contribution in [2.45, 2.75) is 41.5 Å². The number of carboxylic acid groups (broad SMARTS) is 1. The van der Waals surface area contributed by atoms with Gasteiger partial charge >= 0.3 is 161 Å². The van der Waals surface area contributed by atoms with Gasteiger partial charge in [0.2, 0.25) is 0 Å². The van der Waals surface area contributed by atoms with Crippen LogP contribution in [0.5, 0.6) is 0 Å². The molecule has 4 rings (SSSR count). The summed E-state index contributed by atoms with van der Waals surface area (Å²) in [5, 5.41) is 10.4. The van der Waals surface area contributed by atoms with Crippen LogP contribution in [0.2, 0.25) is 0 Å². The van der Waals surface area contributed by atoms with E-state index in [9.17, 15) is 14.3 Å². The summed E-state index contributed by atoms with van der Waals surface area (Å²) in [6.45, 7) is 5.58. The Hall–Kier alpha value is -1.15. The van der Waals surface area contributed by atoms with Crippen molar-refractivity contribution in [1.82, 2.24) is 9.88 Å². The predicted molar refractivity (Wildman–Crippen MR) is 111 cm³/mol. The first-order chi connectivity index (χ1) is 12.3. The van der Waals surface area contributed by atoms with Crippen molar-refractivity contribution in [2.24, 2.45) is 5.41 Å². The molecule has 1 aromatic heterocycles. The second kappa shape index (κ2) is 6.78. The summed E-state index contributed by atoms with van der Waals surface area (Å²) in [5.41, 5.74) is 3.08. The summed E-state index contributed by atoms with van der Waals surface area (Å²) >= 11 is -1.19. The number of nitrogens with one attached hydrogen (secondary N) is 1. The van der Waals surface area contributed by atoms with Gasteiger partial charge in [0.1, 0.15) is 0 Å². The number of hydrogen-bond acceptors (Lipinski definition) is 2. The molecule has 0 amide bonds. The van der Waals surface area contributed by atoms with Crippen molar-refractivity contribution in [2.75, 3.05) is 17.6 Å². The Balaban J connectivity index is 1.48. The first-order valence-corrected chi connectivity index (χ1v) is 13.5.